The monoisotopic (exact) mass is 396 g/mol. The van der Waals surface area contributed by atoms with Gasteiger partial charge in [0.25, 0.3) is 0 Å². The van der Waals surface area contributed by atoms with Crippen molar-refractivity contribution in [3.05, 3.63) is 35.9 Å². The first-order chi connectivity index (χ1) is 13.7. The Bertz CT molecular complexity index is 519. The summed E-state index contributed by atoms with van der Waals surface area (Å²) < 4.78 is 20.3. The second kappa shape index (κ2) is 17.2. The normalized spacial score (nSPS) is 10.6. The molecule has 0 heterocycles. The molecule has 0 unspecified atom stereocenters. The van der Waals surface area contributed by atoms with Crippen LogP contribution in [0.15, 0.2) is 30.3 Å². The summed E-state index contributed by atoms with van der Waals surface area (Å²) in [6.45, 7) is 1.18. The van der Waals surface area contributed by atoms with Crippen molar-refractivity contribution in [2.24, 2.45) is 0 Å². The Morgan fingerprint density at radius 2 is 1.36 bits per heavy atom. The van der Waals surface area contributed by atoms with E-state index in [4.69, 9.17) is 24.1 Å². The van der Waals surface area contributed by atoms with Gasteiger partial charge in [-0.2, -0.15) is 0 Å². The van der Waals surface area contributed by atoms with Gasteiger partial charge in [0.2, 0.25) is 0 Å². The zero-order valence-corrected chi connectivity index (χ0v) is 16.5. The number of aliphatic hydroxyl groups is 1. The fourth-order valence-electron chi connectivity index (χ4n) is 2.40. The molecule has 7 nitrogen and oxygen atoms in total. The summed E-state index contributed by atoms with van der Waals surface area (Å²) in [7, 11) is 0. The second-order valence-electron chi connectivity index (χ2n) is 6.29. The third-order valence-corrected chi connectivity index (χ3v) is 3.92. The molecule has 0 spiro atoms. The van der Waals surface area contributed by atoms with E-state index in [1.54, 1.807) is 0 Å². The van der Waals surface area contributed by atoms with Crippen LogP contribution < -0.4 is 0 Å². The largest absolute Gasteiger partial charge is 0.461 e. The van der Waals surface area contributed by atoms with Crippen LogP contribution in [0, 0.1) is 0 Å². The molecule has 0 radical (unpaired) electrons. The summed E-state index contributed by atoms with van der Waals surface area (Å²) >= 11 is 0. The van der Waals surface area contributed by atoms with Gasteiger partial charge in [0, 0.05) is 12.8 Å². The van der Waals surface area contributed by atoms with Gasteiger partial charge in [-0.1, -0.05) is 49.6 Å². The van der Waals surface area contributed by atoms with Crippen LogP contribution in [0.25, 0.3) is 0 Å². The maximum Gasteiger partial charge on any atom is 0.307 e. The first-order valence-electron chi connectivity index (χ1n) is 9.84. The first kappa shape index (κ1) is 24.1. The molecule has 0 saturated heterocycles. The van der Waals surface area contributed by atoms with Gasteiger partial charge in [0.15, 0.2) is 6.79 Å². The molecule has 7 heteroatoms. The van der Waals surface area contributed by atoms with Crippen molar-refractivity contribution in [1.82, 2.24) is 0 Å². The van der Waals surface area contributed by atoms with Crippen LogP contribution in [0.5, 0.6) is 0 Å². The van der Waals surface area contributed by atoms with Crippen molar-refractivity contribution in [2.75, 3.05) is 33.2 Å². The van der Waals surface area contributed by atoms with Crippen molar-refractivity contribution < 1.29 is 33.6 Å². The molecule has 0 bridgehead atoms. The zero-order valence-electron chi connectivity index (χ0n) is 16.5. The topological polar surface area (TPSA) is 91.3 Å². The predicted molar refractivity (Wildman–Crippen MR) is 103 cm³/mol. The van der Waals surface area contributed by atoms with E-state index in [2.05, 4.69) is 0 Å². The van der Waals surface area contributed by atoms with E-state index < -0.39 is 0 Å². The Labute approximate surface area is 166 Å². The van der Waals surface area contributed by atoms with Gasteiger partial charge < -0.3 is 24.1 Å². The second-order valence-corrected chi connectivity index (χ2v) is 6.29. The van der Waals surface area contributed by atoms with Crippen molar-refractivity contribution in [2.45, 2.75) is 51.6 Å². The molecule has 0 atom stereocenters. The number of unbranched alkanes of at least 4 members (excludes halogenated alkanes) is 4. The van der Waals surface area contributed by atoms with Crippen molar-refractivity contribution in [3.8, 4) is 0 Å². The quantitative estimate of drug-likeness (QED) is 0.246. The van der Waals surface area contributed by atoms with E-state index in [0.29, 0.717) is 32.7 Å². The van der Waals surface area contributed by atoms with Crippen LogP contribution in [0.1, 0.15) is 50.5 Å². The van der Waals surface area contributed by atoms with E-state index in [1.165, 1.54) is 0 Å². The molecule has 0 amide bonds. The number of ether oxygens (including phenoxy) is 4. The van der Waals surface area contributed by atoms with Crippen molar-refractivity contribution in [3.63, 3.8) is 0 Å². The highest BCUT2D eigenvalue weighted by Gasteiger charge is 2.05. The molecule has 0 aliphatic heterocycles. The first-order valence-corrected chi connectivity index (χ1v) is 9.84. The molecule has 1 rings (SSSR count). The molecule has 0 fully saturated rings. The highest BCUT2D eigenvalue weighted by molar-refractivity contribution is 5.69. The summed E-state index contributed by atoms with van der Waals surface area (Å²) in [5.41, 5.74) is 0.989. The fourth-order valence-corrected chi connectivity index (χ4v) is 2.40. The Kier molecular flexibility index (Phi) is 14.8. The smallest absolute Gasteiger partial charge is 0.307 e. The number of aliphatic hydroxyl groups excluding tert-OH is 1. The maximum absolute atomic E-state index is 11.7. The Morgan fingerprint density at radius 1 is 0.750 bits per heavy atom. The van der Waals surface area contributed by atoms with Crippen LogP contribution in [-0.2, 0) is 35.1 Å². The van der Waals surface area contributed by atoms with Crippen LogP contribution >= 0.6 is 0 Å². The van der Waals surface area contributed by atoms with Gasteiger partial charge >= 0.3 is 11.9 Å². The average molecular weight is 396 g/mol. The number of esters is 2. The lowest BCUT2D eigenvalue weighted by molar-refractivity contribution is -0.157. The molecule has 1 aromatic carbocycles. The van der Waals surface area contributed by atoms with Crippen LogP contribution in [0.2, 0.25) is 0 Å². The van der Waals surface area contributed by atoms with Gasteiger partial charge in [-0.3, -0.25) is 9.59 Å². The summed E-state index contributed by atoms with van der Waals surface area (Å²) in [5.74, 6) is -0.449. The van der Waals surface area contributed by atoms with Crippen LogP contribution in [-0.4, -0.2) is 50.3 Å². The van der Waals surface area contributed by atoms with Gasteiger partial charge in [-0.25, -0.2) is 0 Å². The highest BCUT2D eigenvalue weighted by Crippen LogP contribution is 2.09. The number of benzene rings is 1. The zero-order chi connectivity index (χ0) is 20.3. The molecule has 0 aliphatic rings. The summed E-state index contributed by atoms with van der Waals surface area (Å²) in [5, 5.41) is 8.52. The molecule has 28 heavy (non-hydrogen) atoms. The van der Waals surface area contributed by atoms with Crippen LogP contribution in [0.4, 0.5) is 0 Å². The summed E-state index contributed by atoms with van der Waals surface area (Å²) in [4.78, 5) is 23.2. The fraction of sp³-hybridized carbons (Fsp3) is 0.619. The van der Waals surface area contributed by atoms with Gasteiger partial charge in [0.05, 0.1) is 26.4 Å². The highest BCUT2D eigenvalue weighted by atomic mass is 16.7. The third-order valence-electron chi connectivity index (χ3n) is 3.92. The van der Waals surface area contributed by atoms with E-state index >= 15 is 0 Å². The molecule has 0 aliphatic carbocycles. The minimum Gasteiger partial charge on any atom is -0.461 e. The summed E-state index contributed by atoms with van der Waals surface area (Å²) in [6.07, 6.45) is 5.17. The standard InChI is InChI=1S/C21H32O7/c22-13-14-25-15-16-26-18-28-21(24)12-8-3-1-2-7-11-20(23)27-17-19-9-5-4-6-10-19/h4-6,9-10,22H,1-3,7-8,11-18H2. The Balaban J connectivity index is 1.85. The van der Waals surface area contributed by atoms with Crippen molar-refractivity contribution in [1.29, 1.82) is 0 Å². The molecular weight excluding hydrogens is 364 g/mol. The molecule has 1 aromatic rings. The maximum atomic E-state index is 11.7. The lowest BCUT2D eigenvalue weighted by atomic mass is 10.1. The van der Waals surface area contributed by atoms with Gasteiger partial charge in [-0.15, -0.1) is 0 Å². The molecular formula is C21H32O7. The van der Waals surface area contributed by atoms with Crippen LogP contribution in [0.3, 0.4) is 0 Å². The van der Waals surface area contributed by atoms with E-state index in [0.717, 1.165) is 37.7 Å². The number of carbonyl (C=O) groups is 2. The number of hydrogen-bond donors (Lipinski definition) is 1. The van der Waals surface area contributed by atoms with Crippen molar-refractivity contribution >= 4 is 11.9 Å². The lowest BCUT2D eigenvalue weighted by Crippen LogP contribution is -2.12. The van der Waals surface area contributed by atoms with Gasteiger partial charge in [0.1, 0.15) is 6.61 Å². The number of rotatable bonds is 17. The third kappa shape index (κ3) is 14.1. The lowest BCUT2D eigenvalue weighted by Gasteiger charge is -2.07. The molecule has 1 N–H and O–H groups in total. The average Bonchev–Trinajstić information content (AvgIpc) is 2.71. The summed E-state index contributed by atoms with van der Waals surface area (Å²) in [6, 6.07) is 9.62. The van der Waals surface area contributed by atoms with E-state index in [9.17, 15) is 9.59 Å². The molecule has 0 aromatic heterocycles. The molecule has 158 valence electrons. The van der Waals surface area contributed by atoms with E-state index in [1.807, 2.05) is 30.3 Å². The SMILES string of the molecule is O=C(CCCCCCCC(=O)OCc1ccccc1)OCOCCOCCO. The van der Waals surface area contributed by atoms with E-state index in [-0.39, 0.29) is 31.9 Å². The number of carbonyl (C=O) groups excluding carboxylic acids is 2. The Morgan fingerprint density at radius 3 is 2.04 bits per heavy atom. The molecule has 0 saturated carbocycles. The number of hydrogen-bond acceptors (Lipinski definition) is 7. The minimum atomic E-state index is -0.277. The van der Waals surface area contributed by atoms with Gasteiger partial charge in [-0.05, 0) is 18.4 Å². The minimum absolute atomic E-state index is 0.0205. The predicted octanol–water partition coefficient (Wildman–Crippen LogP) is 2.99. The Hall–Kier alpha value is -1.96.